The average molecular weight is 332 g/mol. The summed E-state index contributed by atoms with van der Waals surface area (Å²) in [5.74, 6) is 0.895. The zero-order valence-corrected chi connectivity index (χ0v) is 14.6. The smallest absolute Gasteiger partial charge is 0.119 e. The van der Waals surface area contributed by atoms with Gasteiger partial charge in [-0.2, -0.15) is 0 Å². The van der Waals surface area contributed by atoms with Crippen LogP contribution in [0.2, 0.25) is 0 Å². The molecule has 0 aliphatic carbocycles. The van der Waals surface area contributed by atoms with E-state index in [1.165, 1.54) is 11.3 Å². The molecule has 0 radical (unpaired) electrons. The maximum absolute atomic E-state index is 5.72. The number of hydrogen-bond acceptors (Lipinski definition) is 3. The van der Waals surface area contributed by atoms with Gasteiger partial charge in [-0.15, -0.1) is 0 Å². The summed E-state index contributed by atoms with van der Waals surface area (Å²) in [6, 6.07) is 29.3. The molecule has 3 rings (SSSR count). The summed E-state index contributed by atoms with van der Waals surface area (Å²) >= 11 is 0. The van der Waals surface area contributed by atoms with Gasteiger partial charge in [-0.1, -0.05) is 48.5 Å². The normalized spacial score (nSPS) is 10.4. The van der Waals surface area contributed by atoms with Crippen LogP contribution in [0.4, 0.5) is 11.4 Å². The Morgan fingerprint density at radius 3 is 2.00 bits per heavy atom. The van der Waals surface area contributed by atoms with E-state index in [1.807, 2.05) is 31.3 Å². The summed E-state index contributed by atoms with van der Waals surface area (Å²) in [6.07, 6.45) is 0. The molecule has 0 spiro atoms. The molecule has 0 saturated carbocycles. The predicted octanol–water partition coefficient (Wildman–Crippen LogP) is 4.62. The van der Waals surface area contributed by atoms with Gasteiger partial charge in [0.1, 0.15) is 12.4 Å². The third-order valence-electron chi connectivity index (χ3n) is 4.02. The second-order valence-corrected chi connectivity index (χ2v) is 5.85. The molecule has 3 heteroatoms. The van der Waals surface area contributed by atoms with E-state index in [-0.39, 0.29) is 0 Å². The predicted molar refractivity (Wildman–Crippen MR) is 105 cm³/mol. The summed E-state index contributed by atoms with van der Waals surface area (Å²) in [4.78, 5) is 2.31. The highest BCUT2D eigenvalue weighted by atomic mass is 16.5. The number of benzene rings is 3. The molecule has 0 fully saturated rings. The quantitative estimate of drug-likeness (QED) is 0.609. The second kappa shape index (κ2) is 8.90. The molecule has 0 aromatic heterocycles. The average Bonchev–Trinajstić information content (AvgIpc) is 2.68. The van der Waals surface area contributed by atoms with Crippen molar-refractivity contribution in [3.8, 4) is 5.75 Å². The molecule has 0 amide bonds. The third kappa shape index (κ3) is 4.85. The number of anilines is 2. The molecule has 3 aromatic carbocycles. The molecule has 0 aliphatic heterocycles. The van der Waals surface area contributed by atoms with Gasteiger partial charge in [-0.25, -0.2) is 0 Å². The standard InChI is InChI=1S/C22H24N2O/c1-23-16-17-25-22-14-12-21(13-15-22)24(20-10-6-3-7-11-20)18-19-8-4-2-5-9-19/h2-15,23H,16-18H2,1H3. The van der Waals surface area contributed by atoms with Gasteiger partial charge in [-0.05, 0) is 49.0 Å². The SMILES string of the molecule is CNCCOc1ccc(N(Cc2ccccc2)c2ccccc2)cc1. The lowest BCUT2D eigenvalue weighted by atomic mass is 10.1. The zero-order valence-electron chi connectivity index (χ0n) is 14.6. The number of hydrogen-bond donors (Lipinski definition) is 1. The molecule has 1 N–H and O–H groups in total. The molecule has 0 heterocycles. The Kier molecular flexibility index (Phi) is 6.07. The molecule has 128 valence electrons. The van der Waals surface area contributed by atoms with Gasteiger partial charge in [0.05, 0.1) is 0 Å². The first kappa shape index (κ1) is 17.1. The van der Waals surface area contributed by atoms with Crippen LogP contribution in [0.5, 0.6) is 5.75 Å². The number of ether oxygens (including phenoxy) is 1. The zero-order chi connectivity index (χ0) is 17.3. The lowest BCUT2D eigenvalue weighted by Gasteiger charge is -2.25. The van der Waals surface area contributed by atoms with Crippen molar-refractivity contribution in [2.45, 2.75) is 6.54 Å². The van der Waals surface area contributed by atoms with Crippen molar-refractivity contribution in [2.24, 2.45) is 0 Å². The van der Waals surface area contributed by atoms with E-state index < -0.39 is 0 Å². The van der Waals surface area contributed by atoms with Crippen LogP contribution in [0.1, 0.15) is 5.56 Å². The largest absolute Gasteiger partial charge is 0.492 e. The van der Waals surface area contributed by atoms with Crippen molar-refractivity contribution in [3.05, 3.63) is 90.5 Å². The monoisotopic (exact) mass is 332 g/mol. The van der Waals surface area contributed by atoms with Crippen LogP contribution in [0.15, 0.2) is 84.9 Å². The minimum Gasteiger partial charge on any atom is -0.492 e. The Morgan fingerprint density at radius 2 is 1.36 bits per heavy atom. The van der Waals surface area contributed by atoms with E-state index in [9.17, 15) is 0 Å². The Labute approximate surface area is 149 Å². The molecule has 0 saturated heterocycles. The lowest BCUT2D eigenvalue weighted by Crippen LogP contribution is -2.17. The number of nitrogens with zero attached hydrogens (tertiary/aromatic N) is 1. The van der Waals surface area contributed by atoms with Crippen LogP contribution in [0.3, 0.4) is 0 Å². The Hall–Kier alpha value is -2.78. The van der Waals surface area contributed by atoms with Gasteiger partial charge in [0.25, 0.3) is 0 Å². The molecular weight excluding hydrogens is 308 g/mol. The number of likely N-dealkylation sites (N-methyl/N-ethyl adjacent to an activating group) is 1. The first-order valence-corrected chi connectivity index (χ1v) is 8.61. The highest BCUT2D eigenvalue weighted by Crippen LogP contribution is 2.29. The van der Waals surface area contributed by atoms with E-state index in [0.717, 1.165) is 24.5 Å². The summed E-state index contributed by atoms with van der Waals surface area (Å²) < 4.78 is 5.72. The minimum atomic E-state index is 0.669. The van der Waals surface area contributed by atoms with Crippen LogP contribution in [-0.4, -0.2) is 20.2 Å². The fourth-order valence-electron chi connectivity index (χ4n) is 2.70. The highest BCUT2D eigenvalue weighted by Gasteiger charge is 2.10. The fraction of sp³-hybridized carbons (Fsp3) is 0.182. The number of nitrogens with one attached hydrogen (secondary N) is 1. The molecule has 25 heavy (non-hydrogen) atoms. The van der Waals surface area contributed by atoms with Gasteiger partial charge in [-0.3, -0.25) is 0 Å². The summed E-state index contributed by atoms with van der Waals surface area (Å²) in [7, 11) is 1.92. The summed E-state index contributed by atoms with van der Waals surface area (Å²) in [5, 5.41) is 3.08. The number of rotatable bonds is 8. The molecule has 0 unspecified atom stereocenters. The van der Waals surface area contributed by atoms with Gasteiger partial charge < -0.3 is 15.0 Å². The molecular formula is C22H24N2O. The molecule has 0 atom stereocenters. The van der Waals surface area contributed by atoms with E-state index in [4.69, 9.17) is 4.74 Å². The fourth-order valence-corrected chi connectivity index (χ4v) is 2.70. The van der Waals surface area contributed by atoms with Crippen molar-refractivity contribution in [1.82, 2.24) is 5.32 Å². The van der Waals surface area contributed by atoms with Crippen LogP contribution >= 0.6 is 0 Å². The van der Waals surface area contributed by atoms with Gasteiger partial charge in [0, 0.05) is 24.5 Å². The topological polar surface area (TPSA) is 24.5 Å². The van der Waals surface area contributed by atoms with Gasteiger partial charge in [0.15, 0.2) is 0 Å². The van der Waals surface area contributed by atoms with Crippen LogP contribution in [0.25, 0.3) is 0 Å². The van der Waals surface area contributed by atoms with Crippen LogP contribution < -0.4 is 15.0 Å². The van der Waals surface area contributed by atoms with Crippen LogP contribution in [-0.2, 0) is 6.54 Å². The van der Waals surface area contributed by atoms with Crippen LogP contribution in [0, 0.1) is 0 Å². The summed E-state index contributed by atoms with van der Waals surface area (Å²) in [5.41, 5.74) is 3.60. The maximum atomic E-state index is 5.72. The van der Waals surface area contributed by atoms with Gasteiger partial charge in [0.2, 0.25) is 0 Å². The van der Waals surface area contributed by atoms with E-state index in [2.05, 4.69) is 70.9 Å². The first-order chi connectivity index (χ1) is 12.4. The Bertz CT molecular complexity index is 742. The van der Waals surface area contributed by atoms with E-state index >= 15 is 0 Å². The Balaban J connectivity index is 1.81. The van der Waals surface area contributed by atoms with Crippen molar-refractivity contribution in [1.29, 1.82) is 0 Å². The lowest BCUT2D eigenvalue weighted by molar-refractivity contribution is 0.318. The minimum absolute atomic E-state index is 0.669. The first-order valence-electron chi connectivity index (χ1n) is 8.61. The molecule has 3 nitrogen and oxygen atoms in total. The van der Waals surface area contributed by atoms with E-state index in [0.29, 0.717) is 6.61 Å². The van der Waals surface area contributed by atoms with E-state index in [1.54, 1.807) is 0 Å². The molecule has 3 aromatic rings. The number of para-hydroxylation sites is 1. The molecule has 0 bridgehead atoms. The maximum Gasteiger partial charge on any atom is 0.119 e. The second-order valence-electron chi connectivity index (χ2n) is 5.85. The van der Waals surface area contributed by atoms with Crippen molar-refractivity contribution in [3.63, 3.8) is 0 Å². The highest BCUT2D eigenvalue weighted by molar-refractivity contribution is 5.64. The Morgan fingerprint density at radius 1 is 0.760 bits per heavy atom. The van der Waals surface area contributed by atoms with Crippen molar-refractivity contribution >= 4 is 11.4 Å². The van der Waals surface area contributed by atoms with Gasteiger partial charge >= 0.3 is 0 Å². The van der Waals surface area contributed by atoms with Crippen molar-refractivity contribution < 1.29 is 4.74 Å². The van der Waals surface area contributed by atoms with Crippen molar-refractivity contribution in [2.75, 3.05) is 25.1 Å². The third-order valence-corrected chi connectivity index (χ3v) is 4.02. The molecule has 0 aliphatic rings. The summed E-state index contributed by atoms with van der Waals surface area (Å²) in [6.45, 7) is 2.33.